The fourth-order valence-corrected chi connectivity index (χ4v) is 1.21. The molecule has 4 nitrogen and oxygen atoms in total. The van der Waals surface area contributed by atoms with Crippen LogP contribution in [0.2, 0.25) is 0 Å². The summed E-state index contributed by atoms with van der Waals surface area (Å²) < 4.78 is 0. The van der Waals surface area contributed by atoms with E-state index in [1.165, 1.54) is 6.92 Å². The number of hydrogen-bond acceptors (Lipinski definition) is 4. The van der Waals surface area contributed by atoms with Crippen LogP contribution in [0.3, 0.4) is 0 Å². The third-order valence-corrected chi connectivity index (χ3v) is 2.03. The maximum Gasteiger partial charge on any atom is 0.146 e. The summed E-state index contributed by atoms with van der Waals surface area (Å²) in [5.41, 5.74) is 0. The van der Waals surface area contributed by atoms with Crippen LogP contribution in [0.5, 0.6) is 0 Å². The molecule has 0 radical (unpaired) electrons. The molecule has 0 heterocycles. The van der Waals surface area contributed by atoms with Crippen LogP contribution in [0.1, 0.15) is 33.6 Å². The van der Waals surface area contributed by atoms with Crippen molar-refractivity contribution in [2.45, 2.75) is 33.6 Å². The molecule has 0 N–H and O–H groups in total. The Morgan fingerprint density at radius 1 is 0.867 bits per heavy atom. The van der Waals surface area contributed by atoms with E-state index in [9.17, 15) is 14.4 Å². The molecule has 0 aliphatic carbocycles. The van der Waals surface area contributed by atoms with E-state index in [2.05, 4.69) is 0 Å². The van der Waals surface area contributed by atoms with Crippen LogP contribution in [0.4, 0.5) is 0 Å². The van der Waals surface area contributed by atoms with Gasteiger partial charge in [0.25, 0.3) is 0 Å². The smallest absolute Gasteiger partial charge is 0.146 e. The molecule has 0 aromatic heterocycles. The second-order valence-corrected chi connectivity index (χ2v) is 3.63. The second-order valence-electron chi connectivity index (χ2n) is 3.63. The molecular formula is C11H19NO3. The largest absolute Gasteiger partial charge is 0.299 e. The average Bonchev–Trinajstić information content (AvgIpc) is 2.16. The first-order valence-electron chi connectivity index (χ1n) is 5.24. The summed E-state index contributed by atoms with van der Waals surface area (Å²) in [4.78, 5) is 35.0. The number of hydrogen-bond donors (Lipinski definition) is 0. The SMILES string of the molecule is CCC(=O)CN(CC(C)=O)CC(=O)CC. The van der Waals surface area contributed by atoms with E-state index in [-0.39, 0.29) is 37.0 Å². The van der Waals surface area contributed by atoms with Crippen molar-refractivity contribution in [3.63, 3.8) is 0 Å². The summed E-state index contributed by atoms with van der Waals surface area (Å²) in [7, 11) is 0. The van der Waals surface area contributed by atoms with E-state index in [1.54, 1.807) is 18.7 Å². The Balaban J connectivity index is 4.23. The zero-order valence-electron chi connectivity index (χ0n) is 9.71. The topological polar surface area (TPSA) is 54.5 Å². The van der Waals surface area contributed by atoms with Crippen molar-refractivity contribution >= 4 is 17.3 Å². The molecule has 0 atom stereocenters. The Bertz CT molecular complexity index is 230. The molecule has 4 heteroatoms. The zero-order chi connectivity index (χ0) is 11.8. The van der Waals surface area contributed by atoms with Gasteiger partial charge in [0.1, 0.15) is 17.3 Å². The fraction of sp³-hybridized carbons (Fsp3) is 0.727. The van der Waals surface area contributed by atoms with Crippen LogP contribution in [0.15, 0.2) is 0 Å². The van der Waals surface area contributed by atoms with Crippen molar-refractivity contribution in [3.05, 3.63) is 0 Å². The van der Waals surface area contributed by atoms with Gasteiger partial charge in [-0.15, -0.1) is 0 Å². The summed E-state index contributed by atoms with van der Waals surface area (Å²) in [6.07, 6.45) is 0.878. The van der Waals surface area contributed by atoms with Gasteiger partial charge in [-0.25, -0.2) is 0 Å². The third kappa shape index (κ3) is 6.96. The monoisotopic (exact) mass is 213 g/mol. The van der Waals surface area contributed by atoms with Crippen molar-refractivity contribution in [1.29, 1.82) is 0 Å². The number of rotatable bonds is 8. The summed E-state index contributed by atoms with van der Waals surface area (Å²) in [6, 6.07) is 0. The molecule has 15 heavy (non-hydrogen) atoms. The van der Waals surface area contributed by atoms with Gasteiger partial charge in [-0.1, -0.05) is 13.8 Å². The standard InChI is InChI=1S/C11H19NO3/c1-4-10(14)7-12(6-9(3)13)8-11(15)5-2/h4-8H2,1-3H3. The number of carbonyl (C=O) groups excluding carboxylic acids is 3. The summed E-state index contributed by atoms with van der Waals surface area (Å²) in [5.74, 6) is 0.0862. The molecule has 0 aromatic rings. The van der Waals surface area contributed by atoms with Gasteiger partial charge in [0, 0.05) is 12.8 Å². The van der Waals surface area contributed by atoms with Gasteiger partial charge >= 0.3 is 0 Å². The minimum absolute atomic E-state index is 0.0252. The van der Waals surface area contributed by atoms with Gasteiger partial charge in [0.15, 0.2) is 0 Å². The van der Waals surface area contributed by atoms with E-state index in [0.717, 1.165) is 0 Å². The number of ketones is 3. The van der Waals surface area contributed by atoms with Crippen LogP contribution >= 0.6 is 0 Å². The maximum absolute atomic E-state index is 11.2. The van der Waals surface area contributed by atoms with Crippen molar-refractivity contribution in [3.8, 4) is 0 Å². The van der Waals surface area contributed by atoms with Crippen molar-refractivity contribution in [2.75, 3.05) is 19.6 Å². The second kappa shape index (κ2) is 7.29. The third-order valence-electron chi connectivity index (χ3n) is 2.03. The van der Waals surface area contributed by atoms with Crippen LogP contribution in [0.25, 0.3) is 0 Å². The fourth-order valence-electron chi connectivity index (χ4n) is 1.21. The minimum Gasteiger partial charge on any atom is -0.299 e. The highest BCUT2D eigenvalue weighted by atomic mass is 16.1. The molecule has 0 spiro atoms. The van der Waals surface area contributed by atoms with E-state index < -0.39 is 0 Å². The molecule has 0 fully saturated rings. The molecule has 0 saturated heterocycles. The summed E-state index contributed by atoms with van der Waals surface area (Å²) in [6.45, 7) is 5.58. The number of Topliss-reactive ketones (excluding diaryl/α,β-unsaturated/α-hetero) is 3. The molecule has 0 unspecified atom stereocenters. The Kier molecular flexibility index (Phi) is 6.79. The van der Waals surface area contributed by atoms with E-state index in [0.29, 0.717) is 12.8 Å². The summed E-state index contributed by atoms with van der Waals surface area (Å²) in [5, 5.41) is 0. The minimum atomic E-state index is -0.0252. The van der Waals surface area contributed by atoms with Crippen molar-refractivity contribution < 1.29 is 14.4 Å². The Morgan fingerprint density at radius 2 is 1.27 bits per heavy atom. The lowest BCUT2D eigenvalue weighted by Gasteiger charge is -2.18. The summed E-state index contributed by atoms with van der Waals surface area (Å²) >= 11 is 0. The molecule has 0 amide bonds. The molecule has 0 aliphatic heterocycles. The molecule has 0 aromatic carbocycles. The van der Waals surface area contributed by atoms with E-state index in [4.69, 9.17) is 0 Å². The van der Waals surface area contributed by atoms with Gasteiger partial charge in [-0.05, 0) is 6.92 Å². The lowest BCUT2D eigenvalue weighted by Crippen LogP contribution is -2.37. The van der Waals surface area contributed by atoms with Gasteiger partial charge in [-0.2, -0.15) is 0 Å². The van der Waals surface area contributed by atoms with Crippen molar-refractivity contribution in [2.24, 2.45) is 0 Å². The molecule has 0 aliphatic rings. The highest BCUT2D eigenvalue weighted by Gasteiger charge is 2.14. The molecule has 86 valence electrons. The highest BCUT2D eigenvalue weighted by molar-refractivity contribution is 5.85. The lowest BCUT2D eigenvalue weighted by molar-refractivity contribution is -0.124. The van der Waals surface area contributed by atoms with Gasteiger partial charge < -0.3 is 0 Å². The van der Waals surface area contributed by atoms with Crippen LogP contribution < -0.4 is 0 Å². The van der Waals surface area contributed by atoms with Crippen LogP contribution in [-0.4, -0.2) is 41.9 Å². The number of nitrogens with zero attached hydrogens (tertiary/aromatic N) is 1. The zero-order valence-corrected chi connectivity index (χ0v) is 9.71. The van der Waals surface area contributed by atoms with Gasteiger partial charge in [0.2, 0.25) is 0 Å². The predicted octanol–water partition coefficient (Wildman–Crippen LogP) is 0.836. The van der Waals surface area contributed by atoms with E-state index >= 15 is 0 Å². The van der Waals surface area contributed by atoms with E-state index in [1.807, 2.05) is 0 Å². The lowest BCUT2D eigenvalue weighted by atomic mass is 10.2. The molecule has 0 rings (SSSR count). The first-order valence-corrected chi connectivity index (χ1v) is 5.24. The Hall–Kier alpha value is -1.03. The molecular weight excluding hydrogens is 194 g/mol. The Labute approximate surface area is 90.6 Å². The normalized spacial score (nSPS) is 10.4. The van der Waals surface area contributed by atoms with Crippen LogP contribution in [-0.2, 0) is 14.4 Å². The predicted molar refractivity (Wildman–Crippen MR) is 57.7 cm³/mol. The quantitative estimate of drug-likeness (QED) is 0.599. The van der Waals surface area contributed by atoms with Crippen molar-refractivity contribution in [1.82, 2.24) is 4.90 Å². The highest BCUT2D eigenvalue weighted by Crippen LogP contribution is 1.95. The average molecular weight is 213 g/mol. The first-order chi connectivity index (χ1) is 6.99. The van der Waals surface area contributed by atoms with Gasteiger partial charge in [-0.3, -0.25) is 19.3 Å². The first kappa shape index (κ1) is 14.0. The van der Waals surface area contributed by atoms with Gasteiger partial charge in [0.05, 0.1) is 19.6 Å². The number of carbonyl (C=O) groups is 3. The Morgan fingerprint density at radius 3 is 1.53 bits per heavy atom. The maximum atomic E-state index is 11.2. The molecule has 0 bridgehead atoms. The molecule has 0 saturated carbocycles. The van der Waals surface area contributed by atoms with Crippen LogP contribution in [0, 0.1) is 0 Å².